The summed E-state index contributed by atoms with van der Waals surface area (Å²) in [6.45, 7) is 0. The maximum absolute atomic E-state index is 8.50. The first-order valence-electron chi connectivity index (χ1n) is 3.57. The van der Waals surface area contributed by atoms with Gasteiger partial charge in [-0.15, -0.1) is 11.8 Å². The van der Waals surface area contributed by atoms with E-state index in [4.69, 9.17) is 11.0 Å². The number of anilines is 1. The maximum atomic E-state index is 8.50. The van der Waals surface area contributed by atoms with E-state index in [2.05, 4.69) is 6.07 Å². The molecule has 0 atom stereocenters. The van der Waals surface area contributed by atoms with E-state index in [1.807, 2.05) is 24.5 Å². The molecule has 2 N–H and O–H groups in total. The molecule has 3 heteroatoms. The van der Waals surface area contributed by atoms with E-state index >= 15 is 0 Å². The van der Waals surface area contributed by atoms with Crippen LogP contribution in [0.3, 0.4) is 0 Å². The number of thioether (sulfide) groups is 1. The fourth-order valence-corrected chi connectivity index (χ4v) is 1.41. The number of hydrogen-bond donors (Lipinski definition) is 1. The summed E-state index contributed by atoms with van der Waals surface area (Å²) in [6.07, 6.45) is 2.39. The third-order valence-corrected chi connectivity index (χ3v) is 2.34. The zero-order valence-electron chi connectivity index (χ0n) is 6.87. The second kappa shape index (κ2) is 4.03. The second-order valence-corrected chi connectivity index (χ2v) is 3.28. The number of nitriles is 1. The maximum Gasteiger partial charge on any atom is 0.0670 e. The topological polar surface area (TPSA) is 49.8 Å². The molecular weight excluding hydrogens is 168 g/mol. The van der Waals surface area contributed by atoms with Gasteiger partial charge in [0.15, 0.2) is 0 Å². The largest absolute Gasteiger partial charge is 0.398 e. The van der Waals surface area contributed by atoms with Gasteiger partial charge < -0.3 is 5.73 Å². The number of nitrogens with two attached hydrogens (primary N) is 1. The van der Waals surface area contributed by atoms with Gasteiger partial charge in [0.2, 0.25) is 0 Å². The highest BCUT2D eigenvalue weighted by molar-refractivity contribution is 7.98. The number of nitrogen functional groups attached to an aromatic ring is 1. The Labute approximate surface area is 76.4 Å². The summed E-state index contributed by atoms with van der Waals surface area (Å²) >= 11 is 1.65. The Morgan fingerprint density at radius 2 is 2.33 bits per heavy atom. The molecule has 1 aromatic rings. The third-order valence-electron chi connectivity index (χ3n) is 1.62. The van der Waals surface area contributed by atoms with Crippen LogP contribution in [0.4, 0.5) is 5.69 Å². The second-order valence-electron chi connectivity index (χ2n) is 2.40. The van der Waals surface area contributed by atoms with Gasteiger partial charge in [0, 0.05) is 10.6 Å². The van der Waals surface area contributed by atoms with E-state index in [1.54, 1.807) is 11.8 Å². The lowest BCUT2D eigenvalue weighted by Crippen LogP contribution is -1.92. The molecule has 0 fully saturated rings. The molecule has 2 nitrogen and oxygen atoms in total. The molecule has 0 saturated heterocycles. The summed E-state index contributed by atoms with van der Waals surface area (Å²) in [5.74, 6) is 0. The number of benzene rings is 1. The van der Waals surface area contributed by atoms with Gasteiger partial charge in [0.05, 0.1) is 12.5 Å². The van der Waals surface area contributed by atoms with E-state index in [0.29, 0.717) is 12.1 Å². The predicted molar refractivity (Wildman–Crippen MR) is 52.0 cm³/mol. The average molecular weight is 178 g/mol. The summed E-state index contributed by atoms with van der Waals surface area (Å²) in [5.41, 5.74) is 7.29. The molecule has 0 amide bonds. The van der Waals surface area contributed by atoms with Crippen molar-refractivity contribution in [2.45, 2.75) is 11.3 Å². The zero-order chi connectivity index (χ0) is 8.97. The molecular formula is C9H10N2S. The van der Waals surface area contributed by atoms with Crippen LogP contribution in [-0.4, -0.2) is 6.26 Å². The fourth-order valence-electron chi connectivity index (χ4n) is 0.947. The lowest BCUT2D eigenvalue weighted by Gasteiger charge is -2.02. The van der Waals surface area contributed by atoms with Crippen LogP contribution >= 0.6 is 11.8 Å². The number of rotatable bonds is 2. The monoisotopic (exact) mass is 178 g/mol. The molecule has 0 bridgehead atoms. The van der Waals surface area contributed by atoms with Gasteiger partial charge in [-0.2, -0.15) is 5.26 Å². The molecule has 0 saturated carbocycles. The Morgan fingerprint density at radius 1 is 1.58 bits per heavy atom. The molecule has 0 unspecified atom stereocenters. The van der Waals surface area contributed by atoms with Crippen molar-refractivity contribution >= 4 is 17.4 Å². The van der Waals surface area contributed by atoms with Gasteiger partial charge in [0.25, 0.3) is 0 Å². The van der Waals surface area contributed by atoms with Crippen LogP contribution in [-0.2, 0) is 6.42 Å². The molecule has 12 heavy (non-hydrogen) atoms. The summed E-state index contributed by atoms with van der Waals surface area (Å²) < 4.78 is 0. The number of nitrogens with zero attached hydrogens (tertiary/aromatic N) is 1. The number of hydrogen-bond acceptors (Lipinski definition) is 3. The average Bonchev–Trinajstić information content (AvgIpc) is 2.09. The molecule has 0 aromatic heterocycles. The normalized spacial score (nSPS) is 9.33. The van der Waals surface area contributed by atoms with Crippen molar-refractivity contribution in [2.24, 2.45) is 0 Å². The first-order valence-corrected chi connectivity index (χ1v) is 4.79. The lowest BCUT2D eigenvalue weighted by molar-refractivity contribution is 1.24. The van der Waals surface area contributed by atoms with Gasteiger partial charge in [0.1, 0.15) is 0 Å². The quantitative estimate of drug-likeness (QED) is 0.557. The van der Waals surface area contributed by atoms with Gasteiger partial charge in [-0.1, -0.05) is 0 Å². The van der Waals surface area contributed by atoms with Crippen LogP contribution in [0.5, 0.6) is 0 Å². The Morgan fingerprint density at radius 3 is 2.92 bits per heavy atom. The van der Waals surface area contributed by atoms with Gasteiger partial charge in [-0.05, 0) is 30.0 Å². The Bertz CT molecular complexity index is 315. The smallest absolute Gasteiger partial charge is 0.0670 e. The molecule has 0 radical (unpaired) electrons. The van der Waals surface area contributed by atoms with Crippen molar-refractivity contribution in [2.75, 3.05) is 12.0 Å². The summed E-state index contributed by atoms with van der Waals surface area (Å²) in [4.78, 5) is 1.15. The Hall–Kier alpha value is -1.14. The summed E-state index contributed by atoms with van der Waals surface area (Å²) in [7, 11) is 0. The summed E-state index contributed by atoms with van der Waals surface area (Å²) in [6, 6.07) is 7.85. The first kappa shape index (κ1) is 8.95. The van der Waals surface area contributed by atoms with Crippen LogP contribution in [0.1, 0.15) is 5.56 Å². The van der Waals surface area contributed by atoms with Crippen LogP contribution in [0, 0.1) is 11.3 Å². The van der Waals surface area contributed by atoms with Crippen molar-refractivity contribution in [3.63, 3.8) is 0 Å². The van der Waals surface area contributed by atoms with Crippen molar-refractivity contribution in [1.82, 2.24) is 0 Å². The first-order chi connectivity index (χ1) is 5.77. The molecule has 62 valence electrons. The van der Waals surface area contributed by atoms with Crippen LogP contribution in [0.15, 0.2) is 23.1 Å². The van der Waals surface area contributed by atoms with Crippen molar-refractivity contribution in [3.8, 4) is 6.07 Å². The molecule has 0 aliphatic heterocycles. The van der Waals surface area contributed by atoms with Crippen LogP contribution in [0.2, 0.25) is 0 Å². The fraction of sp³-hybridized carbons (Fsp3) is 0.222. The highest BCUT2D eigenvalue weighted by atomic mass is 32.2. The third kappa shape index (κ3) is 1.93. The van der Waals surface area contributed by atoms with E-state index in [0.717, 1.165) is 10.5 Å². The van der Waals surface area contributed by atoms with Crippen LogP contribution < -0.4 is 5.73 Å². The van der Waals surface area contributed by atoms with E-state index in [9.17, 15) is 0 Å². The molecule has 1 aromatic carbocycles. The Kier molecular flexibility index (Phi) is 3.01. The highest BCUT2D eigenvalue weighted by Gasteiger charge is 1.99. The van der Waals surface area contributed by atoms with Crippen LogP contribution in [0.25, 0.3) is 0 Å². The highest BCUT2D eigenvalue weighted by Crippen LogP contribution is 2.20. The SMILES string of the molecule is CSc1ccc(N)c(CC#N)c1. The minimum absolute atomic E-state index is 0.389. The van der Waals surface area contributed by atoms with Gasteiger partial charge in [-0.3, -0.25) is 0 Å². The van der Waals surface area contributed by atoms with Crippen molar-refractivity contribution < 1.29 is 0 Å². The zero-order valence-corrected chi connectivity index (χ0v) is 7.69. The molecule has 0 aliphatic carbocycles. The van der Waals surface area contributed by atoms with E-state index < -0.39 is 0 Å². The minimum atomic E-state index is 0.389. The van der Waals surface area contributed by atoms with Crippen molar-refractivity contribution in [1.29, 1.82) is 5.26 Å². The molecule has 0 heterocycles. The standard InChI is InChI=1S/C9H10N2S/c1-12-8-2-3-9(11)7(6-8)4-5-10/h2-3,6H,4,11H2,1H3. The van der Waals surface area contributed by atoms with Gasteiger partial charge >= 0.3 is 0 Å². The van der Waals surface area contributed by atoms with Gasteiger partial charge in [-0.25, -0.2) is 0 Å². The predicted octanol–water partition coefficient (Wildman–Crippen LogP) is 2.06. The minimum Gasteiger partial charge on any atom is -0.398 e. The van der Waals surface area contributed by atoms with E-state index in [-0.39, 0.29) is 0 Å². The summed E-state index contributed by atoms with van der Waals surface area (Å²) in [5, 5.41) is 8.50. The molecule has 1 rings (SSSR count). The molecule has 0 spiro atoms. The van der Waals surface area contributed by atoms with Crippen molar-refractivity contribution in [3.05, 3.63) is 23.8 Å². The van der Waals surface area contributed by atoms with E-state index in [1.165, 1.54) is 0 Å². The lowest BCUT2D eigenvalue weighted by atomic mass is 10.1. The molecule has 0 aliphatic rings. The Balaban J connectivity index is 3.01.